The van der Waals surface area contributed by atoms with Crippen LogP contribution < -0.4 is 10.1 Å². The molecule has 0 spiro atoms. The van der Waals surface area contributed by atoms with Crippen LogP contribution in [-0.2, 0) is 14.3 Å². The van der Waals surface area contributed by atoms with E-state index in [-0.39, 0.29) is 18.1 Å². The van der Waals surface area contributed by atoms with E-state index in [1.54, 1.807) is 18.2 Å². The van der Waals surface area contributed by atoms with E-state index in [0.29, 0.717) is 22.3 Å². The highest BCUT2D eigenvalue weighted by atomic mass is 79.9. The van der Waals surface area contributed by atoms with E-state index in [9.17, 15) is 9.59 Å². The molecule has 0 atom stereocenters. The number of hydrogen-bond donors (Lipinski definition) is 1. The number of rotatable bonds is 7. The fourth-order valence-electron chi connectivity index (χ4n) is 4.17. The Hall–Kier alpha value is -1.64. The van der Waals surface area contributed by atoms with Crippen LogP contribution in [0.1, 0.15) is 42.5 Å². The fraction of sp³-hybridized carbons (Fsp3) is 0.619. The molecule has 1 N–H and O–H groups in total. The highest BCUT2D eigenvalue weighted by molar-refractivity contribution is 9.10. The van der Waals surface area contributed by atoms with Crippen LogP contribution in [0, 0.1) is 0 Å². The number of esters is 1. The van der Waals surface area contributed by atoms with Gasteiger partial charge >= 0.3 is 5.97 Å². The lowest BCUT2D eigenvalue weighted by Gasteiger charge is -2.48. The molecule has 1 aliphatic carbocycles. The van der Waals surface area contributed by atoms with E-state index < -0.39 is 5.97 Å². The summed E-state index contributed by atoms with van der Waals surface area (Å²) in [6.45, 7) is 3.92. The van der Waals surface area contributed by atoms with Crippen molar-refractivity contribution in [1.29, 1.82) is 0 Å². The van der Waals surface area contributed by atoms with Gasteiger partial charge in [-0.15, -0.1) is 0 Å². The number of methoxy groups -OCH3 is 1. The molecule has 0 unspecified atom stereocenters. The number of nitrogens with one attached hydrogen (secondary N) is 1. The molecule has 3 rings (SSSR count). The van der Waals surface area contributed by atoms with Gasteiger partial charge in [0.25, 0.3) is 5.91 Å². The Balaban J connectivity index is 1.53. The van der Waals surface area contributed by atoms with E-state index in [1.807, 2.05) is 0 Å². The average Bonchev–Trinajstić information content (AvgIpc) is 2.77. The molecule has 0 aromatic heterocycles. The summed E-state index contributed by atoms with van der Waals surface area (Å²) in [6, 6.07) is 4.88. The van der Waals surface area contributed by atoms with Gasteiger partial charge in [-0.25, -0.2) is 4.79 Å². The van der Waals surface area contributed by atoms with Crippen LogP contribution in [0.2, 0.25) is 0 Å². The van der Waals surface area contributed by atoms with Gasteiger partial charge < -0.3 is 19.5 Å². The minimum Gasteiger partial charge on any atom is -0.483 e. The number of morpholine rings is 1. The van der Waals surface area contributed by atoms with Crippen molar-refractivity contribution in [2.75, 3.05) is 46.6 Å². The molecule has 1 aromatic rings. The van der Waals surface area contributed by atoms with Crippen LogP contribution in [0.3, 0.4) is 0 Å². The summed E-state index contributed by atoms with van der Waals surface area (Å²) in [5.74, 6) is -0.0589. The van der Waals surface area contributed by atoms with E-state index in [0.717, 1.165) is 39.1 Å². The lowest BCUT2D eigenvalue weighted by atomic mass is 9.79. The second-order valence-corrected chi connectivity index (χ2v) is 8.44. The third kappa shape index (κ3) is 5.71. The second kappa shape index (κ2) is 10.4. The second-order valence-electron chi connectivity index (χ2n) is 7.59. The molecular formula is C21H29BrN2O5. The lowest BCUT2D eigenvalue weighted by Crippen LogP contribution is -2.60. The standard InChI is InChI=1S/C21H29BrN2O5/c1-27-20(26)16-5-6-18(17(22)13-16)29-14-19(25)23-15-21(7-3-2-4-8-21)24-9-11-28-12-10-24/h5-6,13H,2-4,7-12,14-15H2,1H3,(H,23,25). The minimum absolute atomic E-state index is 0.0282. The van der Waals surface area contributed by atoms with Crippen LogP contribution in [0.5, 0.6) is 5.75 Å². The van der Waals surface area contributed by atoms with Gasteiger partial charge in [-0.1, -0.05) is 19.3 Å². The van der Waals surface area contributed by atoms with Gasteiger partial charge in [0.2, 0.25) is 0 Å². The SMILES string of the molecule is COC(=O)c1ccc(OCC(=O)NCC2(N3CCOCC3)CCCCC2)c(Br)c1. The first-order valence-electron chi connectivity index (χ1n) is 10.1. The fourth-order valence-corrected chi connectivity index (χ4v) is 4.67. The van der Waals surface area contributed by atoms with E-state index in [2.05, 4.69) is 26.1 Å². The third-order valence-electron chi connectivity index (χ3n) is 5.79. The number of nitrogens with zero attached hydrogens (tertiary/aromatic N) is 1. The summed E-state index contributed by atoms with van der Waals surface area (Å²) in [4.78, 5) is 26.5. The van der Waals surface area contributed by atoms with E-state index in [4.69, 9.17) is 14.2 Å². The molecule has 29 heavy (non-hydrogen) atoms. The van der Waals surface area contributed by atoms with Crippen LogP contribution in [0.15, 0.2) is 22.7 Å². The van der Waals surface area contributed by atoms with Crippen molar-refractivity contribution < 1.29 is 23.8 Å². The van der Waals surface area contributed by atoms with Crippen LogP contribution >= 0.6 is 15.9 Å². The molecule has 0 bridgehead atoms. The molecule has 160 valence electrons. The summed E-state index contributed by atoms with van der Waals surface area (Å²) in [7, 11) is 1.33. The molecule has 1 saturated heterocycles. The van der Waals surface area contributed by atoms with Gasteiger partial charge in [-0.2, -0.15) is 0 Å². The van der Waals surface area contributed by atoms with Crippen molar-refractivity contribution in [2.24, 2.45) is 0 Å². The molecule has 7 nitrogen and oxygen atoms in total. The molecule has 1 aromatic carbocycles. The summed E-state index contributed by atoms with van der Waals surface area (Å²) >= 11 is 3.37. The largest absolute Gasteiger partial charge is 0.483 e. The zero-order valence-electron chi connectivity index (χ0n) is 16.9. The number of ether oxygens (including phenoxy) is 3. The molecule has 8 heteroatoms. The third-order valence-corrected chi connectivity index (χ3v) is 6.41. The number of benzene rings is 1. The molecular weight excluding hydrogens is 440 g/mol. The first kappa shape index (κ1) is 22.1. The molecule has 2 fully saturated rings. The number of hydrogen-bond acceptors (Lipinski definition) is 6. The van der Waals surface area contributed by atoms with Crippen LogP contribution in [0.4, 0.5) is 0 Å². The number of carbonyl (C=O) groups excluding carboxylic acids is 2. The van der Waals surface area contributed by atoms with Crippen LogP contribution in [0.25, 0.3) is 0 Å². The van der Waals surface area contributed by atoms with Crippen molar-refractivity contribution in [2.45, 2.75) is 37.6 Å². The zero-order valence-corrected chi connectivity index (χ0v) is 18.5. The summed E-state index contributed by atoms with van der Waals surface area (Å²) in [5, 5.41) is 3.08. The molecule has 1 amide bonds. The Morgan fingerprint density at radius 3 is 2.59 bits per heavy atom. The molecule has 2 aliphatic rings. The van der Waals surface area contributed by atoms with Gasteiger partial charge in [-0.05, 0) is 47.0 Å². The van der Waals surface area contributed by atoms with Crippen molar-refractivity contribution in [3.63, 3.8) is 0 Å². The van der Waals surface area contributed by atoms with Gasteiger partial charge in [0.15, 0.2) is 6.61 Å². The molecule has 1 heterocycles. The van der Waals surface area contributed by atoms with Crippen molar-refractivity contribution >= 4 is 27.8 Å². The highest BCUT2D eigenvalue weighted by Crippen LogP contribution is 2.34. The maximum absolute atomic E-state index is 12.4. The van der Waals surface area contributed by atoms with Gasteiger partial charge in [-0.3, -0.25) is 9.69 Å². The number of amides is 1. The smallest absolute Gasteiger partial charge is 0.337 e. The predicted molar refractivity (Wildman–Crippen MR) is 112 cm³/mol. The first-order chi connectivity index (χ1) is 14.0. The number of carbonyl (C=O) groups is 2. The maximum Gasteiger partial charge on any atom is 0.337 e. The quantitative estimate of drug-likeness (QED) is 0.619. The number of halogens is 1. The van der Waals surface area contributed by atoms with Gasteiger partial charge in [0.1, 0.15) is 5.75 Å². The Bertz CT molecular complexity index is 715. The monoisotopic (exact) mass is 468 g/mol. The Morgan fingerprint density at radius 1 is 1.21 bits per heavy atom. The van der Waals surface area contributed by atoms with E-state index >= 15 is 0 Å². The maximum atomic E-state index is 12.4. The Kier molecular flexibility index (Phi) is 7.91. The summed E-state index contributed by atoms with van der Waals surface area (Å²) in [5.41, 5.74) is 0.446. The summed E-state index contributed by atoms with van der Waals surface area (Å²) < 4.78 is 16.5. The van der Waals surface area contributed by atoms with Crippen molar-refractivity contribution in [1.82, 2.24) is 10.2 Å². The average molecular weight is 469 g/mol. The van der Waals surface area contributed by atoms with E-state index in [1.165, 1.54) is 26.4 Å². The topological polar surface area (TPSA) is 77.1 Å². The van der Waals surface area contributed by atoms with Crippen LogP contribution in [-0.4, -0.2) is 68.9 Å². The van der Waals surface area contributed by atoms with Gasteiger partial charge in [0.05, 0.1) is 30.4 Å². The minimum atomic E-state index is -0.420. The Labute approximate surface area is 180 Å². The zero-order chi connectivity index (χ0) is 20.7. The molecule has 1 saturated carbocycles. The normalized spacial score (nSPS) is 19.4. The lowest BCUT2D eigenvalue weighted by molar-refractivity contribution is -0.124. The van der Waals surface area contributed by atoms with Crippen molar-refractivity contribution in [3.05, 3.63) is 28.2 Å². The predicted octanol–water partition coefficient (Wildman–Crippen LogP) is 2.77. The molecule has 0 radical (unpaired) electrons. The molecule has 1 aliphatic heterocycles. The highest BCUT2D eigenvalue weighted by Gasteiger charge is 2.38. The summed E-state index contributed by atoms with van der Waals surface area (Å²) in [6.07, 6.45) is 5.87. The first-order valence-corrected chi connectivity index (χ1v) is 10.9. The van der Waals surface area contributed by atoms with Gasteiger partial charge in [0, 0.05) is 25.2 Å². The van der Waals surface area contributed by atoms with Crippen molar-refractivity contribution in [3.8, 4) is 5.75 Å². The Morgan fingerprint density at radius 2 is 1.93 bits per heavy atom.